The van der Waals surface area contributed by atoms with E-state index in [1.807, 2.05) is 19.1 Å². The van der Waals surface area contributed by atoms with Crippen molar-refractivity contribution in [1.82, 2.24) is 0 Å². The van der Waals surface area contributed by atoms with Crippen LogP contribution in [0.4, 0.5) is 5.69 Å². The highest BCUT2D eigenvalue weighted by atomic mass is 79.9. The van der Waals surface area contributed by atoms with Gasteiger partial charge in [0.05, 0.1) is 4.47 Å². The van der Waals surface area contributed by atoms with Crippen LogP contribution in [-0.2, 0) is 14.9 Å². The first-order valence-corrected chi connectivity index (χ1v) is 11.3. The lowest BCUT2D eigenvalue weighted by Gasteiger charge is -2.10. The molecule has 0 saturated heterocycles. The number of nitriles is 1. The van der Waals surface area contributed by atoms with Crippen molar-refractivity contribution in [2.45, 2.75) is 11.8 Å². The molecule has 6 nitrogen and oxygen atoms in total. The van der Waals surface area contributed by atoms with E-state index in [4.69, 9.17) is 4.18 Å². The Balaban J connectivity index is 1.80. The molecule has 0 aromatic heterocycles. The van der Waals surface area contributed by atoms with Gasteiger partial charge in [0.25, 0.3) is 5.91 Å². The van der Waals surface area contributed by atoms with E-state index in [2.05, 4.69) is 21.2 Å². The van der Waals surface area contributed by atoms with Crippen molar-refractivity contribution in [2.24, 2.45) is 0 Å². The monoisotopic (exact) mass is 496 g/mol. The molecule has 3 rings (SSSR count). The van der Waals surface area contributed by atoms with Crippen LogP contribution in [0.2, 0.25) is 0 Å². The van der Waals surface area contributed by atoms with Crippen LogP contribution in [0.1, 0.15) is 11.1 Å². The standard InChI is InChI=1S/C23H17BrN2O4S/c1-16-7-10-20(11-8-16)31(28,29)30-22-12-9-17(14-21(22)24)13-18(15-25)23(27)26-19-5-3-2-4-6-19/h2-14H,1H3,(H,26,27)/b18-13+. The number of nitrogens with zero attached hydrogens (tertiary/aromatic N) is 1. The maximum atomic E-state index is 12.5. The first-order valence-electron chi connectivity index (χ1n) is 9.07. The molecule has 156 valence electrons. The van der Waals surface area contributed by atoms with Crippen LogP contribution in [-0.4, -0.2) is 14.3 Å². The van der Waals surface area contributed by atoms with Crippen LogP contribution in [0.3, 0.4) is 0 Å². The van der Waals surface area contributed by atoms with Crippen LogP contribution in [0.25, 0.3) is 6.08 Å². The Morgan fingerprint density at radius 3 is 2.35 bits per heavy atom. The van der Waals surface area contributed by atoms with E-state index in [-0.39, 0.29) is 16.2 Å². The van der Waals surface area contributed by atoms with Crippen LogP contribution in [0.5, 0.6) is 5.75 Å². The Hall–Kier alpha value is -3.41. The third kappa shape index (κ3) is 5.81. The zero-order chi connectivity index (χ0) is 22.4. The second kappa shape index (κ2) is 9.60. The summed E-state index contributed by atoms with van der Waals surface area (Å²) in [4.78, 5) is 12.4. The van der Waals surface area contributed by atoms with E-state index in [0.717, 1.165) is 5.56 Å². The number of amides is 1. The summed E-state index contributed by atoms with van der Waals surface area (Å²) in [5.41, 5.74) is 1.92. The highest BCUT2D eigenvalue weighted by molar-refractivity contribution is 9.10. The van der Waals surface area contributed by atoms with Crippen LogP contribution < -0.4 is 9.50 Å². The minimum atomic E-state index is -4.00. The maximum absolute atomic E-state index is 12.5. The summed E-state index contributed by atoms with van der Waals surface area (Å²) < 4.78 is 30.6. The van der Waals surface area contributed by atoms with E-state index in [1.165, 1.54) is 24.3 Å². The van der Waals surface area contributed by atoms with Crippen molar-refractivity contribution in [1.29, 1.82) is 5.26 Å². The van der Waals surface area contributed by atoms with Crippen molar-refractivity contribution in [2.75, 3.05) is 5.32 Å². The number of benzene rings is 3. The van der Waals surface area contributed by atoms with Crippen molar-refractivity contribution < 1.29 is 17.4 Å². The highest BCUT2D eigenvalue weighted by Crippen LogP contribution is 2.30. The van der Waals surface area contributed by atoms with Gasteiger partial charge in [-0.2, -0.15) is 13.7 Å². The minimum Gasteiger partial charge on any atom is -0.378 e. The Morgan fingerprint density at radius 2 is 1.74 bits per heavy atom. The number of carbonyl (C=O) groups excluding carboxylic acids is 1. The van der Waals surface area contributed by atoms with Gasteiger partial charge in [-0.15, -0.1) is 0 Å². The van der Waals surface area contributed by atoms with Gasteiger partial charge >= 0.3 is 10.1 Å². The molecule has 1 N–H and O–H groups in total. The molecule has 0 bridgehead atoms. The van der Waals surface area contributed by atoms with Crippen LogP contribution in [0, 0.1) is 18.3 Å². The number of hydrogen-bond acceptors (Lipinski definition) is 5. The molecule has 0 aliphatic carbocycles. The Kier molecular flexibility index (Phi) is 6.90. The summed E-state index contributed by atoms with van der Waals surface area (Å²) in [5.74, 6) is -0.461. The van der Waals surface area contributed by atoms with Crippen molar-refractivity contribution in [3.63, 3.8) is 0 Å². The summed E-state index contributed by atoms with van der Waals surface area (Å²) in [6, 6.07) is 21.5. The van der Waals surface area contributed by atoms with E-state index in [0.29, 0.717) is 15.7 Å². The highest BCUT2D eigenvalue weighted by Gasteiger charge is 2.18. The number of halogens is 1. The van der Waals surface area contributed by atoms with E-state index in [9.17, 15) is 18.5 Å². The molecular formula is C23H17BrN2O4S. The quantitative estimate of drug-likeness (QED) is 0.292. The van der Waals surface area contributed by atoms with E-state index < -0.39 is 16.0 Å². The molecule has 0 spiro atoms. The number of rotatable bonds is 6. The third-order valence-corrected chi connectivity index (χ3v) is 6.04. The molecule has 0 aliphatic rings. The summed E-state index contributed by atoms with van der Waals surface area (Å²) >= 11 is 3.28. The molecule has 0 unspecified atom stereocenters. The van der Waals surface area contributed by atoms with Crippen LogP contribution >= 0.6 is 15.9 Å². The lowest BCUT2D eigenvalue weighted by molar-refractivity contribution is -0.112. The summed E-state index contributed by atoms with van der Waals surface area (Å²) in [7, 11) is -4.00. The Bertz CT molecular complexity index is 1280. The zero-order valence-electron chi connectivity index (χ0n) is 16.4. The molecule has 0 atom stereocenters. The van der Waals surface area contributed by atoms with Gasteiger partial charge in [-0.1, -0.05) is 42.0 Å². The molecule has 1 amide bonds. The second-order valence-electron chi connectivity index (χ2n) is 6.53. The fraction of sp³-hybridized carbons (Fsp3) is 0.0435. The molecule has 0 radical (unpaired) electrons. The summed E-state index contributed by atoms with van der Waals surface area (Å²) in [6.45, 7) is 1.86. The predicted molar refractivity (Wildman–Crippen MR) is 122 cm³/mol. The largest absolute Gasteiger partial charge is 0.378 e. The first-order chi connectivity index (χ1) is 14.8. The molecule has 0 saturated carbocycles. The number of para-hydroxylation sites is 1. The second-order valence-corrected chi connectivity index (χ2v) is 8.93. The molecule has 3 aromatic rings. The number of hydrogen-bond donors (Lipinski definition) is 1. The fourth-order valence-corrected chi connectivity index (χ4v) is 4.11. The number of aryl methyl sites for hydroxylation is 1. The topological polar surface area (TPSA) is 96.3 Å². The minimum absolute atomic E-state index is 0.0401. The molecule has 0 heterocycles. The summed E-state index contributed by atoms with van der Waals surface area (Å²) in [5, 5.41) is 12.0. The van der Waals surface area contributed by atoms with Gasteiger partial charge in [-0.25, -0.2) is 0 Å². The molecule has 3 aromatic carbocycles. The molecule has 0 fully saturated rings. The van der Waals surface area contributed by atoms with Gasteiger partial charge in [-0.05, 0) is 70.9 Å². The predicted octanol–water partition coefficient (Wildman–Crippen LogP) is 5.07. The molecule has 8 heteroatoms. The van der Waals surface area contributed by atoms with Crippen LogP contribution in [0.15, 0.2) is 87.7 Å². The van der Waals surface area contributed by atoms with Gasteiger partial charge in [-0.3, -0.25) is 4.79 Å². The number of carbonyl (C=O) groups is 1. The molecular weight excluding hydrogens is 480 g/mol. The van der Waals surface area contributed by atoms with Gasteiger partial charge in [0.15, 0.2) is 5.75 Å². The van der Waals surface area contributed by atoms with Crippen molar-refractivity contribution in [3.8, 4) is 11.8 Å². The van der Waals surface area contributed by atoms with Crippen molar-refractivity contribution >= 4 is 43.7 Å². The average Bonchev–Trinajstić information content (AvgIpc) is 2.74. The normalized spacial score (nSPS) is 11.5. The van der Waals surface area contributed by atoms with E-state index in [1.54, 1.807) is 48.5 Å². The average molecular weight is 497 g/mol. The SMILES string of the molecule is Cc1ccc(S(=O)(=O)Oc2ccc(/C=C(\C#N)C(=O)Nc3ccccc3)cc2Br)cc1. The van der Waals surface area contributed by atoms with E-state index >= 15 is 0 Å². The molecule has 31 heavy (non-hydrogen) atoms. The smallest absolute Gasteiger partial charge is 0.339 e. The number of anilines is 1. The third-order valence-electron chi connectivity index (χ3n) is 4.17. The molecule has 0 aliphatic heterocycles. The van der Waals surface area contributed by atoms with Gasteiger partial charge in [0.2, 0.25) is 0 Å². The lowest BCUT2D eigenvalue weighted by atomic mass is 10.1. The number of nitrogens with one attached hydrogen (secondary N) is 1. The van der Waals surface area contributed by atoms with Gasteiger partial charge < -0.3 is 9.50 Å². The summed E-state index contributed by atoms with van der Waals surface area (Å²) in [6.07, 6.45) is 1.40. The van der Waals surface area contributed by atoms with Gasteiger partial charge in [0.1, 0.15) is 16.5 Å². The Labute approximate surface area is 189 Å². The Morgan fingerprint density at radius 1 is 1.06 bits per heavy atom. The fourth-order valence-electron chi connectivity index (χ4n) is 2.58. The zero-order valence-corrected chi connectivity index (χ0v) is 18.8. The maximum Gasteiger partial charge on any atom is 0.339 e. The van der Waals surface area contributed by atoms with Crippen molar-refractivity contribution in [3.05, 3.63) is 94.0 Å². The first kappa shape index (κ1) is 22.3. The lowest BCUT2D eigenvalue weighted by Crippen LogP contribution is -2.13. The van der Waals surface area contributed by atoms with Gasteiger partial charge in [0, 0.05) is 5.69 Å².